The molecule has 4 heteroatoms. The number of likely N-dealkylation sites (tertiary alicyclic amines) is 1. The van der Waals surface area contributed by atoms with Gasteiger partial charge in [0.05, 0.1) is 11.7 Å². The number of anilines is 1. The number of aromatic nitrogens is 2. The molecule has 0 atom stereocenters. The van der Waals surface area contributed by atoms with Crippen LogP contribution in [0.4, 0.5) is 5.82 Å². The summed E-state index contributed by atoms with van der Waals surface area (Å²) in [5.41, 5.74) is 1.16. The molecule has 1 N–H and O–H groups in total. The van der Waals surface area contributed by atoms with E-state index in [4.69, 9.17) is 0 Å². The smallest absolute Gasteiger partial charge is 0.129 e. The largest absolute Gasteiger partial charge is 0.365 e. The molecule has 106 valence electrons. The van der Waals surface area contributed by atoms with E-state index in [-0.39, 0.29) is 5.41 Å². The first-order valence-corrected chi connectivity index (χ1v) is 7.16. The van der Waals surface area contributed by atoms with Crippen molar-refractivity contribution in [3.05, 3.63) is 18.1 Å². The molecule has 4 nitrogen and oxygen atoms in total. The maximum Gasteiger partial charge on any atom is 0.129 e. The molecule has 0 saturated carbocycles. The van der Waals surface area contributed by atoms with Gasteiger partial charge in [-0.1, -0.05) is 34.6 Å². The molecule has 1 aromatic rings. The molecule has 0 unspecified atom stereocenters. The summed E-state index contributed by atoms with van der Waals surface area (Å²) in [4.78, 5) is 11.2. The molecule has 0 radical (unpaired) electrons. The summed E-state index contributed by atoms with van der Waals surface area (Å²) in [6.45, 7) is 14.5. The van der Waals surface area contributed by atoms with Crippen molar-refractivity contribution < 1.29 is 0 Å². The molecule has 2 rings (SSSR count). The SMILES string of the molecule is CC(C)CN1CC(Nc2cc(C(C)(C)C)ncn2)C1. The van der Waals surface area contributed by atoms with Crippen LogP contribution >= 0.6 is 0 Å². The van der Waals surface area contributed by atoms with Gasteiger partial charge in [-0.05, 0) is 5.92 Å². The molecule has 1 aliphatic heterocycles. The number of hydrogen-bond donors (Lipinski definition) is 1. The van der Waals surface area contributed by atoms with Crippen molar-refractivity contribution in [2.24, 2.45) is 5.92 Å². The van der Waals surface area contributed by atoms with Gasteiger partial charge in [0.25, 0.3) is 0 Å². The zero-order valence-corrected chi connectivity index (χ0v) is 12.8. The van der Waals surface area contributed by atoms with Gasteiger partial charge >= 0.3 is 0 Å². The van der Waals surface area contributed by atoms with Gasteiger partial charge in [-0.25, -0.2) is 9.97 Å². The first-order chi connectivity index (χ1) is 8.84. The van der Waals surface area contributed by atoms with Crippen molar-refractivity contribution in [2.75, 3.05) is 25.0 Å². The van der Waals surface area contributed by atoms with Crippen LogP contribution < -0.4 is 5.32 Å². The fraction of sp³-hybridized carbons (Fsp3) is 0.733. The molecule has 0 amide bonds. The third kappa shape index (κ3) is 3.90. The van der Waals surface area contributed by atoms with E-state index < -0.39 is 0 Å². The van der Waals surface area contributed by atoms with Crippen LogP contribution in [0, 0.1) is 5.92 Å². The highest BCUT2D eigenvalue weighted by Crippen LogP contribution is 2.22. The Morgan fingerprint density at radius 2 is 2.00 bits per heavy atom. The summed E-state index contributed by atoms with van der Waals surface area (Å²) in [7, 11) is 0. The minimum Gasteiger partial charge on any atom is -0.365 e. The highest BCUT2D eigenvalue weighted by Gasteiger charge is 2.27. The van der Waals surface area contributed by atoms with E-state index in [9.17, 15) is 0 Å². The average molecular weight is 262 g/mol. The second-order valence-electron chi connectivity index (χ2n) is 6.99. The number of hydrogen-bond acceptors (Lipinski definition) is 4. The van der Waals surface area contributed by atoms with Crippen LogP contribution in [0.15, 0.2) is 12.4 Å². The lowest BCUT2D eigenvalue weighted by atomic mass is 9.92. The summed E-state index contributed by atoms with van der Waals surface area (Å²) < 4.78 is 0. The normalized spacial score (nSPS) is 17.6. The van der Waals surface area contributed by atoms with Crippen LogP contribution in [0.3, 0.4) is 0 Å². The third-order valence-corrected chi connectivity index (χ3v) is 3.37. The standard InChI is InChI=1S/C15H26N4/c1-11(2)7-19-8-12(9-19)18-14-6-13(15(3,4)5)16-10-17-14/h6,10-12H,7-9H2,1-5H3,(H,16,17,18). The first-order valence-electron chi connectivity index (χ1n) is 7.16. The van der Waals surface area contributed by atoms with Gasteiger partial charge in [0.1, 0.15) is 12.1 Å². The van der Waals surface area contributed by atoms with Gasteiger partial charge < -0.3 is 5.32 Å². The Morgan fingerprint density at radius 1 is 1.32 bits per heavy atom. The zero-order chi connectivity index (χ0) is 14.0. The Bertz CT molecular complexity index is 416. The van der Waals surface area contributed by atoms with Crippen LogP contribution in [0.5, 0.6) is 0 Å². The maximum absolute atomic E-state index is 4.35. The lowest BCUT2D eigenvalue weighted by Crippen LogP contribution is -2.55. The monoisotopic (exact) mass is 262 g/mol. The summed E-state index contributed by atoms with van der Waals surface area (Å²) in [5, 5.41) is 3.50. The number of nitrogens with zero attached hydrogens (tertiary/aromatic N) is 3. The van der Waals surface area contributed by atoms with Crippen molar-refractivity contribution >= 4 is 5.82 Å². The van der Waals surface area contributed by atoms with Crippen molar-refractivity contribution in [3.63, 3.8) is 0 Å². The molecule has 0 aromatic carbocycles. The van der Waals surface area contributed by atoms with E-state index in [2.05, 4.69) is 60.9 Å². The second kappa shape index (κ2) is 5.45. The predicted octanol–water partition coefficient (Wildman–Crippen LogP) is 2.53. The van der Waals surface area contributed by atoms with Crippen LogP contribution in [0.2, 0.25) is 0 Å². The number of nitrogens with one attached hydrogen (secondary N) is 1. The van der Waals surface area contributed by atoms with Crippen molar-refractivity contribution in [2.45, 2.75) is 46.1 Å². The Labute approximate surface area is 116 Å². The molecule has 1 aromatic heterocycles. The molecule has 0 aliphatic carbocycles. The van der Waals surface area contributed by atoms with Gasteiger partial charge in [-0.3, -0.25) is 4.90 Å². The lowest BCUT2D eigenvalue weighted by molar-refractivity contribution is 0.143. The van der Waals surface area contributed by atoms with E-state index in [0.29, 0.717) is 6.04 Å². The van der Waals surface area contributed by atoms with Crippen LogP contribution in [-0.2, 0) is 5.41 Å². The Morgan fingerprint density at radius 3 is 2.58 bits per heavy atom. The van der Waals surface area contributed by atoms with E-state index in [0.717, 1.165) is 30.5 Å². The fourth-order valence-electron chi connectivity index (χ4n) is 2.38. The minimum atomic E-state index is 0.0721. The van der Waals surface area contributed by atoms with Gasteiger partial charge in [0.15, 0.2) is 0 Å². The predicted molar refractivity (Wildman–Crippen MR) is 79.4 cm³/mol. The third-order valence-electron chi connectivity index (χ3n) is 3.37. The fourth-order valence-corrected chi connectivity index (χ4v) is 2.38. The lowest BCUT2D eigenvalue weighted by Gasteiger charge is -2.40. The van der Waals surface area contributed by atoms with E-state index in [1.165, 1.54) is 6.54 Å². The van der Waals surface area contributed by atoms with Crippen LogP contribution in [-0.4, -0.2) is 40.5 Å². The van der Waals surface area contributed by atoms with Gasteiger partial charge in [0, 0.05) is 31.1 Å². The topological polar surface area (TPSA) is 41.0 Å². The molecule has 1 fully saturated rings. The highest BCUT2D eigenvalue weighted by molar-refractivity contribution is 5.38. The maximum atomic E-state index is 4.35. The summed E-state index contributed by atoms with van der Waals surface area (Å²) in [6.07, 6.45) is 1.66. The molecule has 0 spiro atoms. The molecular formula is C15H26N4. The van der Waals surface area contributed by atoms with Crippen molar-refractivity contribution in [1.82, 2.24) is 14.9 Å². The molecular weight excluding hydrogens is 236 g/mol. The van der Waals surface area contributed by atoms with Gasteiger partial charge in [-0.15, -0.1) is 0 Å². The first kappa shape index (κ1) is 14.3. The Hall–Kier alpha value is -1.16. The van der Waals surface area contributed by atoms with E-state index in [1.807, 2.05) is 0 Å². The minimum absolute atomic E-state index is 0.0721. The summed E-state index contributed by atoms with van der Waals surface area (Å²) >= 11 is 0. The Balaban J connectivity index is 1.88. The number of rotatable bonds is 4. The molecule has 19 heavy (non-hydrogen) atoms. The summed E-state index contributed by atoms with van der Waals surface area (Å²) in [6, 6.07) is 2.60. The Kier molecular flexibility index (Phi) is 4.09. The van der Waals surface area contributed by atoms with Gasteiger partial charge in [0.2, 0.25) is 0 Å². The molecule has 1 aliphatic rings. The van der Waals surface area contributed by atoms with E-state index in [1.54, 1.807) is 6.33 Å². The second-order valence-corrected chi connectivity index (χ2v) is 6.99. The van der Waals surface area contributed by atoms with Gasteiger partial charge in [-0.2, -0.15) is 0 Å². The van der Waals surface area contributed by atoms with Crippen LogP contribution in [0.1, 0.15) is 40.3 Å². The average Bonchev–Trinajstić information content (AvgIpc) is 2.25. The zero-order valence-electron chi connectivity index (χ0n) is 12.8. The van der Waals surface area contributed by atoms with Crippen molar-refractivity contribution in [1.29, 1.82) is 0 Å². The molecule has 2 heterocycles. The molecule has 0 bridgehead atoms. The van der Waals surface area contributed by atoms with Crippen LogP contribution in [0.25, 0.3) is 0 Å². The molecule has 1 saturated heterocycles. The van der Waals surface area contributed by atoms with Crippen molar-refractivity contribution in [3.8, 4) is 0 Å². The quantitative estimate of drug-likeness (QED) is 0.905. The highest BCUT2D eigenvalue weighted by atomic mass is 15.3. The van der Waals surface area contributed by atoms with E-state index >= 15 is 0 Å². The summed E-state index contributed by atoms with van der Waals surface area (Å²) in [5.74, 6) is 1.70.